The van der Waals surface area contributed by atoms with Crippen LogP contribution in [0.1, 0.15) is 50.1 Å². The van der Waals surface area contributed by atoms with Crippen molar-refractivity contribution in [2.75, 3.05) is 0 Å². The number of benzene rings is 1. The van der Waals surface area contributed by atoms with E-state index in [2.05, 4.69) is 5.32 Å². The molecule has 1 N–H and O–H groups in total. The maximum atomic E-state index is 12.2. The second-order valence-corrected chi connectivity index (χ2v) is 5.38. The lowest BCUT2D eigenvalue weighted by molar-refractivity contribution is -0.306. The SMILES string of the molecule is O=C([O-])C[C@@H](NC(=O)C1CCCCC1)c1ccccc1. The molecular weight excluding hydrogens is 254 g/mol. The Labute approximate surface area is 119 Å². The highest BCUT2D eigenvalue weighted by Gasteiger charge is 2.24. The number of carboxylic acid groups (broad SMARTS) is 1. The zero-order valence-electron chi connectivity index (χ0n) is 11.5. The normalized spacial score (nSPS) is 17.4. The molecule has 0 aromatic heterocycles. The molecular formula is C16H20NO3-. The number of hydrogen-bond acceptors (Lipinski definition) is 3. The van der Waals surface area contributed by atoms with Gasteiger partial charge in [-0.1, -0.05) is 49.6 Å². The topological polar surface area (TPSA) is 69.2 Å². The maximum Gasteiger partial charge on any atom is 0.223 e. The number of hydrogen-bond donors (Lipinski definition) is 1. The third-order valence-corrected chi connectivity index (χ3v) is 3.87. The van der Waals surface area contributed by atoms with E-state index in [0.29, 0.717) is 0 Å². The van der Waals surface area contributed by atoms with Crippen LogP contribution in [-0.4, -0.2) is 11.9 Å². The maximum absolute atomic E-state index is 12.2. The largest absolute Gasteiger partial charge is 0.550 e. The number of carbonyl (C=O) groups excluding carboxylic acids is 2. The lowest BCUT2D eigenvalue weighted by atomic mass is 9.88. The Kier molecular flexibility index (Phi) is 5.16. The Hall–Kier alpha value is -1.84. The van der Waals surface area contributed by atoms with Crippen LogP contribution < -0.4 is 10.4 Å². The second kappa shape index (κ2) is 7.08. The van der Waals surface area contributed by atoms with Crippen LogP contribution in [0.2, 0.25) is 0 Å². The molecule has 0 bridgehead atoms. The van der Waals surface area contributed by atoms with Crippen molar-refractivity contribution < 1.29 is 14.7 Å². The highest BCUT2D eigenvalue weighted by molar-refractivity contribution is 5.80. The van der Waals surface area contributed by atoms with E-state index < -0.39 is 12.0 Å². The summed E-state index contributed by atoms with van der Waals surface area (Å²) in [6, 6.07) is 8.69. The van der Waals surface area contributed by atoms with Crippen LogP contribution in [0.5, 0.6) is 0 Å². The minimum atomic E-state index is -1.15. The number of amides is 1. The van der Waals surface area contributed by atoms with Crippen molar-refractivity contribution in [2.24, 2.45) is 5.92 Å². The third-order valence-electron chi connectivity index (χ3n) is 3.87. The molecule has 1 aromatic carbocycles. The highest BCUT2D eigenvalue weighted by atomic mass is 16.4. The van der Waals surface area contributed by atoms with Crippen LogP contribution in [0, 0.1) is 5.92 Å². The van der Waals surface area contributed by atoms with E-state index in [1.54, 1.807) is 0 Å². The van der Waals surface area contributed by atoms with Crippen LogP contribution in [0.25, 0.3) is 0 Å². The van der Waals surface area contributed by atoms with Gasteiger partial charge < -0.3 is 15.2 Å². The molecule has 1 aliphatic carbocycles. The summed E-state index contributed by atoms with van der Waals surface area (Å²) in [5, 5.41) is 13.8. The summed E-state index contributed by atoms with van der Waals surface area (Å²) in [6.07, 6.45) is 4.95. The van der Waals surface area contributed by atoms with Gasteiger partial charge in [0.25, 0.3) is 0 Å². The molecule has 0 spiro atoms. The van der Waals surface area contributed by atoms with Crippen molar-refractivity contribution in [3.63, 3.8) is 0 Å². The van der Waals surface area contributed by atoms with Gasteiger partial charge in [-0.3, -0.25) is 4.79 Å². The Morgan fingerprint density at radius 1 is 1.15 bits per heavy atom. The molecule has 1 amide bonds. The van der Waals surface area contributed by atoms with Crippen LogP contribution >= 0.6 is 0 Å². The number of nitrogens with one attached hydrogen (secondary N) is 1. The fourth-order valence-corrected chi connectivity index (χ4v) is 2.76. The number of carbonyl (C=O) groups is 2. The number of rotatable bonds is 5. The van der Waals surface area contributed by atoms with Crippen LogP contribution in [0.15, 0.2) is 30.3 Å². The molecule has 4 heteroatoms. The second-order valence-electron chi connectivity index (χ2n) is 5.38. The smallest absolute Gasteiger partial charge is 0.223 e. The van der Waals surface area contributed by atoms with Gasteiger partial charge >= 0.3 is 0 Å². The minimum absolute atomic E-state index is 0.0247. The first-order valence-electron chi connectivity index (χ1n) is 7.22. The predicted molar refractivity (Wildman–Crippen MR) is 73.5 cm³/mol. The summed E-state index contributed by atoms with van der Waals surface area (Å²) in [5.74, 6) is -1.15. The van der Waals surface area contributed by atoms with E-state index in [9.17, 15) is 14.7 Å². The minimum Gasteiger partial charge on any atom is -0.550 e. The number of carboxylic acids is 1. The molecule has 0 radical (unpaired) electrons. The molecule has 1 saturated carbocycles. The van der Waals surface area contributed by atoms with Crippen LogP contribution in [0.3, 0.4) is 0 Å². The molecule has 2 rings (SSSR count). The number of aliphatic carboxylic acids is 1. The fourth-order valence-electron chi connectivity index (χ4n) is 2.76. The Balaban J connectivity index is 2.03. The summed E-state index contributed by atoms with van der Waals surface area (Å²) in [5.41, 5.74) is 0.806. The molecule has 4 nitrogen and oxygen atoms in total. The van der Waals surface area contributed by atoms with Crippen LogP contribution in [0.4, 0.5) is 0 Å². The molecule has 0 unspecified atom stereocenters. The molecule has 0 heterocycles. The van der Waals surface area contributed by atoms with Crippen LogP contribution in [-0.2, 0) is 9.59 Å². The van der Waals surface area contributed by atoms with Gasteiger partial charge in [-0.25, -0.2) is 0 Å². The predicted octanol–water partition coefficient (Wildman–Crippen LogP) is 1.56. The highest BCUT2D eigenvalue weighted by Crippen LogP contribution is 2.25. The van der Waals surface area contributed by atoms with Crippen molar-refractivity contribution >= 4 is 11.9 Å². The zero-order valence-corrected chi connectivity index (χ0v) is 11.5. The van der Waals surface area contributed by atoms with Gasteiger partial charge in [0.15, 0.2) is 0 Å². The van der Waals surface area contributed by atoms with Gasteiger partial charge in [0.1, 0.15) is 0 Å². The molecule has 1 fully saturated rings. The van der Waals surface area contributed by atoms with Crippen molar-refractivity contribution in [3.05, 3.63) is 35.9 Å². The molecule has 108 valence electrons. The van der Waals surface area contributed by atoms with Gasteiger partial charge in [0.05, 0.1) is 6.04 Å². The summed E-state index contributed by atoms with van der Waals surface area (Å²) >= 11 is 0. The van der Waals surface area contributed by atoms with Gasteiger partial charge in [0, 0.05) is 18.3 Å². The fraction of sp³-hybridized carbons (Fsp3) is 0.500. The summed E-state index contributed by atoms with van der Waals surface area (Å²) in [6.45, 7) is 0. The van der Waals surface area contributed by atoms with E-state index in [1.807, 2.05) is 30.3 Å². The van der Waals surface area contributed by atoms with Crippen molar-refractivity contribution in [3.8, 4) is 0 Å². The quantitative estimate of drug-likeness (QED) is 0.886. The first-order valence-corrected chi connectivity index (χ1v) is 7.22. The molecule has 1 aromatic rings. The Morgan fingerprint density at radius 3 is 2.40 bits per heavy atom. The Bertz CT molecular complexity index is 452. The lowest BCUT2D eigenvalue weighted by Gasteiger charge is -2.25. The van der Waals surface area contributed by atoms with Gasteiger partial charge in [0.2, 0.25) is 5.91 Å². The van der Waals surface area contributed by atoms with Crippen molar-refractivity contribution in [1.82, 2.24) is 5.32 Å². The van der Waals surface area contributed by atoms with E-state index in [-0.39, 0.29) is 18.2 Å². The van der Waals surface area contributed by atoms with Crippen molar-refractivity contribution in [1.29, 1.82) is 0 Å². The molecule has 20 heavy (non-hydrogen) atoms. The third kappa shape index (κ3) is 4.08. The summed E-state index contributed by atoms with van der Waals surface area (Å²) in [7, 11) is 0. The molecule has 0 aliphatic heterocycles. The summed E-state index contributed by atoms with van der Waals surface area (Å²) in [4.78, 5) is 23.1. The lowest BCUT2D eigenvalue weighted by Crippen LogP contribution is -2.38. The summed E-state index contributed by atoms with van der Waals surface area (Å²) < 4.78 is 0. The first-order chi connectivity index (χ1) is 9.66. The first kappa shape index (κ1) is 14.6. The van der Waals surface area contributed by atoms with Gasteiger partial charge in [-0.15, -0.1) is 0 Å². The van der Waals surface area contributed by atoms with Crippen molar-refractivity contribution in [2.45, 2.75) is 44.6 Å². The van der Waals surface area contributed by atoms with Gasteiger partial charge in [-0.05, 0) is 18.4 Å². The Morgan fingerprint density at radius 2 is 1.80 bits per heavy atom. The molecule has 1 atom stereocenters. The van der Waals surface area contributed by atoms with E-state index in [1.165, 1.54) is 6.42 Å². The van der Waals surface area contributed by atoms with E-state index >= 15 is 0 Å². The zero-order chi connectivity index (χ0) is 14.4. The average molecular weight is 274 g/mol. The average Bonchev–Trinajstić information content (AvgIpc) is 2.48. The monoisotopic (exact) mass is 274 g/mol. The molecule has 0 saturated heterocycles. The van der Waals surface area contributed by atoms with Gasteiger partial charge in [-0.2, -0.15) is 0 Å². The van der Waals surface area contributed by atoms with E-state index in [0.717, 1.165) is 31.2 Å². The molecule has 1 aliphatic rings. The standard InChI is InChI=1S/C16H21NO3/c18-15(19)11-14(12-7-3-1-4-8-12)17-16(20)13-9-5-2-6-10-13/h1,3-4,7-8,13-14H,2,5-6,9-11H2,(H,17,20)(H,18,19)/p-1/t14-/m1/s1. The van der Waals surface area contributed by atoms with E-state index in [4.69, 9.17) is 0 Å².